The number of carbonyl (C=O) groups is 2. The number of ether oxygens (including phenoxy) is 1. The molecule has 3 rings (SSSR count). The molecule has 124 valence electrons. The average molecular weight is 324 g/mol. The number of carbonyl (C=O) groups excluding carboxylic acids is 2. The molecule has 2 atom stereocenters. The number of benzene rings is 2. The van der Waals surface area contributed by atoms with Gasteiger partial charge in [-0.15, -0.1) is 0 Å². The average Bonchev–Trinajstić information content (AvgIpc) is 3.35. The van der Waals surface area contributed by atoms with E-state index in [-0.39, 0.29) is 23.7 Å². The lowest BCUT2D eigenvalue weighted by atomic mass is 10.1. The van der Waals surface area contributed by atoms with E-state index in [4.69, 9.17) is 4.74 Å². The molecule has 0 aliphatic heterocycles. The number of hydrogen-bond donors (Lipinski definition) is 2. The first-order chi connectivity index (χ1) is 11.6. The van der Waals surface area contributed by atoms with Crippen molar-refractivity contribution in [2.24, 2.45) is 5.92 Å². The van der Waals surface area contributed by atoms with Gasteiger partial charge in [-0.1, -0.05) is 18.2 Å². The smallest absolute Gasteiger partial charge is 0.228 e. The van der Waals surface area contributed by atoms with Gasteiger partial charge in [0, 0.05) is 24.2 Å². The fourth-order valence-corrected chi connectivity index (χ4v) is 2.82. The van der Waals surface area contributed by atoms with Gasteiger partial charge in [-0.25, -0.2) is 0 Å². The molecular weight excluding hydrogens is 304 g/mol. The van der Waals surface area contributed by atoms with Gasteiger partial charge in [0.05, 0.1) is 7.11 Å². The lowest BCUT2D eigenvalue weighted by molar-refractivity contribution is -0.117. The van der Waals surface area contributed by atoms with E-state index in [9.17, 15) is 9.59 Å². The molecule has 0 bridgehead atoms. The first-order valence-electron chi connectivity index (χ1n) is 7.89. The van der Waals surface area contributed by atoms with E-state index in [1.54, 1.807) is 25.3 Å². The van der Waals surface area contributed by atoms with Crippen LogP contribution in [0.25, 0.3) is 0 Å². The second-order valence-electron chi connectivity index (χ2n) is 5.97. The monoisotopic (exact) mass is 324 g/mol. The van der Waals surface area contributed by atoms with Crippen LogP contribution in [0.5, 0.6) is 5.75 Å². The van der Waals surface area contributed by atoms with Crippen molar-refractivity contribution in [3.63, 3.8) is 0 Å². The maximum atomic E-state index is 12.4. The summed E-state index contributed by atoms with van der Waals surface area (Å²) in [5, 5.41) is 5.63. The van der Waals surface area contributed by atoms with Crippen LogP contribution in [0.2, 0.25) is 0 Å². The number of rotatable bonds is 5. The molecule has 1 aliphatic rings. The maximum absolute atomic E-state index is 12.4. The summed E-state index contributed by atoms with van der Waals surface area (Å²) in [5.41, 5.74) is 2.51. The molecule has 2 aromatic rings. The molecule has 0 radical (unpaired) electrons. The molecule has 24 heavy (non-hydrogen) atoms. The first kappa shape index (κ1) is 16.1. The van der Waals surface area contributed by atoms with Crippen LogP contribution in [0.3, 0.4) is 0 Å². The molecule has 2 N–H and O–H groups in total. The number of nitrogens with one attached hydrogen (secondary N) is 2. The van der Waals surface area contributed by atoms with Gasteiger partial charge in [0.15, 0.2) is 0 Å². The Kier molecular flexibility index (Phi) is 4.51. The lowest BCUT2D eigenvalue weighted by Crippen LogP contribution is -2.15. The number of methoxy groups -OCH3 is 1. The summed E-state index contributed by atoms with van der Waals surface area (Å²) in [6.07, 6.45) is 0.851. The minimum Gasteiger partial charge on any atom is -0.497 e. The van der Waals surface area contributed by atoms with Crippen molar-refractivity contribution in [1.29, 1.82) is 0 Å². The van der Waals surface area contributed by atoms with Crippen LogP contribution in [0.4, 0.5) is 11.4 Å². The van der Waals surface area contributed by atoms with Crippen molar-refractivity contribution >= 4 is 23.2 Å². The van der Waals surface area contributed by atoms with Crippen LogP contribution in [0.1, 0.15) is 24.8 Å². The zero-order chi connectivity index (χ0) is 17.1. The van der Waals surface area contributed by atoms with E-state index in [2.05, 4.69) is 10.6 Å². The summed E-state index contributed by atoms with van der Waals surface area (Å²) in [7, 11) is 1.64. The van der Waals surface area contributed by atoms with Gasteiger partial charge in [-0.3, -0.25) is 9.59 Å². The van der Waals surface area contributed by atoms with Gasteiger partial charge in [0.25, 0.3) is 0 Å². The molecule has 1 aliphatic carbocycles. The highest BCUT2D eigenvalue weighted by atomic mass is 16.5. The molecule has 5 heteroatoms. The minimum absolute atomic E-state index is 0.00999. The Morgan fingerprint density at radius 1 is 1.04 bits per heavy atom. The predicted molar refractivity (Wildman–Crippen MR) is 93.2 cm³/mol. The zero-order valence-corrected chi connectivity index (χ0v) is 13.7. The molecule has 1 saturated carbocycles. The van der Waals surface area contributed by atoms with E-state index in [1.807, 2.05) is 30.3 Å². The molecule has 2 aromatic carbocycles. The highest BCUT2D eigenvalue weighted by Gasteiger charge is 2.43. The summed E-state index contributed by atoms with van der Waals surface area (Å²) >= 11 is 0. The fourth-order valence-electron chi connectivity index (χ4n) is 2.82. The van der Waals surface area contributed by atoms with E-state index in [0.29, 0.717) is 11.4 Å². The van der Waals surface area contributed by atoms with Crippen molar-refractivity contribution in [3.8, 4) is 5.75 Å². The third-order valence-electron chi connectivity index (χ3n) is 4.12. The zero-order valence-electron chi connectivity index (χ0n) is 13.7. The lowest BCUT2D eigenvalue weighted by Gasteiger charge is -2.08. The maximum Gasteiger partial charge on any atom is 0.228 e. The number of amides is 2. The van der Waals surface area contributed by atoms with Crippen LogP contribution in [-0.2, 0) is 9.59 Å². The molecular formula is C19H20N2O3. The summed E-state index contributed by atoms with van der Waals surface area (Å²) in [4.78, 5) is 23.5. The van der Waals surface area contributed by atoms with Gasteiger partial charge < -0.3 is 15.4 Å². The van der Waals surface area contributed by atoms with Gasteiger partial charge in [-0.2, -0.15) is 0 Å². The van der Waals surface area contributed by atoms with E-state index in [1.165, 1.54) is 6.92 Å². The van der Waals surface area contributed by atoms with Crippen LogP contribution >= 0.6 is 0 Å². The Morgan fingerprint density at radius 2 is 1.71 bits per heavy atom. The van der Waals surface area contributed by atoms with Crippen LogP contribution in [0.15, 0.2) is 48.5 Å². The SMILES string of the molecule is COc1ccc(C2CC2C(=O)Nc2cccc(NC(C)=O)c2)cc1. The van der Waals surface area contributed by atoms with Crippen molar-refractivity contribution in [2.75, 3.05) is 17.7 Å². The molecule has 0 saturated heterocycles. The van der Waals surface area contributed by atoms with Crippen molar-refractivity contribution in [2.45, 2.75) is 19.3 Å². The molecule has 5 nitrogen and oxygen atoms in total. The topological polar surface area (TPSA) is 67.4 Å². The van der Waals surface area contributed by atoms with Crippen LogP contribution in [-0.4, -0.2) is 18.9 Å². The van der Waals surface area contributed by atoms with Crippen LogP contribution in [0, 0.1) is 5.92 Å². The Bertz CT molecular complexity index is 755. The Balaban J connectivity index is 1.61. The Hall–Kier alpha value is -2.82. The molecule has 2 amide bonds. The quantitative estimate of drug-likeness (QED) is 0.886. The molecule has 0 spiro atoms. The third kappa shape index (κ3) is 3.74. The molecule has 1 fully saturated rings. The molecule has 2 unspecified atom stereocenters. The van der Waals surface area contributed by atoms with Crippen LogP contribution < -0.4 is 15.4 Å². The van der Waals surface area contributed by atoms with Gasteiger partial charge in [-0.05, 0) is 48.2 Å². The second-order valence-corrected chi connectivity index (χ2v) is 5.97. The number of hydrogen-bond acceptors (Lipinski definition) is 3. The third-order valence-corrected chi connectivity index (χ3v) is 4.12. The summed E-state index contributed by atoms with van der Waals surface area (Å²) in [6.45, 7) is 1.45. The van der Waals surface area contributed by atoms with Crippen molar-refractivity contribution in [1.82, 2.24) is 0 Å². The Labute approximate surface area is 141 Å². The predicted octanol–water partition coefficient (Wildman–Crippen LogP) is 3.40. The van der Waals surface area contributed by atoms with Gasteiger partial charge in [0.2, 0.25) is 11.8 Å². The van der Waals surface area contributed by atoms with Gasteiger partial charge in [0.1, 0.15) is 5.75 Å². The number of anilines is 2. The van der Waals surface area contributed by atoms with E-state index in [0.717, 1.165) is 17.7 Å². The molecule has 0 heterocycles. The Morgan fingerprint density at radius 3 is 2.33 bits per heavy atom. The van der Waals surface area contributed by atoms with Crippen molar-refractivity contribution in [3.05, 3.63) is 54.1 Å². The highest BCUT2D eigenvalue weighted by Crippen LogP contribution is 2.48. The van der Waals surface area contributed by atoms with E-state index < -0.39 is 0 Å². The normalized spacial score (nSPS) is 18.6. The summed E-state index contributed by atoms with van der Waals surface area (Å²) < 4.78 is 5.15. The van der Waals surface area contributed by atoms with E-state index >= 15 is 0 Å². The summed E-state index contributed by atoms with van der Waals surface area (Å²) in [5.74, 6) is 0.934. The standard InChI is InChI=1S/C19H20N2O3/c1-12(22)20-14-4-3-5-15(10-14)21-19(23)18-11-17(18)13-6-8-16(24-2)9-7-13/h3-10,17-18H,11H2,1-2H3,(H,20,22)(H,21,23). The summed E-state index contributed by atoms with van der Waals surface area (Å²) in [6, 6.07) is 15.0. The second kappa shape index (κ2) is 6.74. The van der Waals surface area contributed by atoms with Gasteiger partial charge >= 0.3 is 0 Å². The first-order valence-corrected chi connectivity index (χ1v) is 7.89. The minimum atomic E-state index is -0.139. The van der Waals surface area contributed by atoms with Crippen molar-refractivity contribution < 1.29 is 14.3 Å². The largest absolute Gasteiger partial charge is 0.497 e. The fraction of sp³-hybridized carbons (Fsp3) is 0.263. The highest BCUT2D eigenvalue weighted by molar-refractivity contribution is 5.96. The molecule has 0 aromatic heterocycles.